The molecular weight excluding hydrogens is 184 g/mol. The van der Waals surface area contributed by atoms with E-state index in [9.17, 15) is 14.8 Å². The molecule has 0 bridgehead atoms. The summed E-state index contributed by atoms with van der Waals surface area (Å²) in [6.45, 7) is -0.338. The van der Waals surface area contributed by atoms with E-state index in [1.54, 1.807) is 0 Å². The summed E-state index contributed by atoms with van der Waals surface area (Å²) < 4.78 is 0. The summed E-state index contributed by atoms with van der Waals surface area (Å²) in [5.74, 6) is -1.44. The monoisotopic (exact) mass is 200 g/mol. The van der Waals surface area contributed by atoms with Crippen LogP contribution >= 0.6 is 0 Å². The van der Waals surface area contributed by atoms with Gasteiger partial charge in [0, 0.05) is 5.92 Å². The van der Waals surface area contributed by atoms with Gasteiger partial charge in [0.25, 0.3) is 11.8 Å². The molecule has 0 unspecified atom stereocenters. The van der Waals surface area contributed by atoms with Crippen LogP contribution in [0.15, 0.2) is 0 Å². The van der Waals surface area contributed by atoms with E-state index >= 15 is 0 Å². The Kier molecular flexibility index (Phi) is 4.03. The molecule has 0 saturated heterocycles. The number of carbonyl (C=O) groups is 2. The van der Waals surface area contributed by atoms with Crippen molar-refractivity contribution in [2.45, 2.75) is 32.1 Å². The lowest BCUT2D eigenvalue weighted by atomic mass is 9.88. The Morgan fingerprint density at radius 1 is 1.29 bits per heavy atom. The van der Waals surface area contributed by atoms with Crippen molar-refractivity contribution in [3.63, 3.8) is 0 Å². The van der Waals surface area contributed by atoms with Crippen molar-refractivity contribution in [1.29, 1.82) is 0 Å². The van der Waals surface area contributed by atoms with Crippen LogP contribution in [0.4, 0.5) is 0 Å². The highest BCUT2D eigenvalue weighted by Gasteiger charge is 2.28. The van der Waals surface area contributed by atoms with Gasteiger partial charge in [0.05, 0.1) is 6.54 Å². The quantitative estimate of drug-likeness (QED) is 0.495. The first-order chi connectivity index (χ1) is 6.66. The van der Waals surface area contributed by atoms with E-state index in [1.807, 2.05) is 0 Å². The van der Waals surface area contributed by atoms with E-state index in [0.29, 0.717) is 0 Å². The minimum Gasteiger partial charge on any atom is -0.322 e. The van der Waals surface area contributed by atoms with Crippen molar-refractivity contribution in [2.24, 2.45) is 11.7 Å². The second-order valence-electron chi connectivity index (χ2n) is 3.58. The van der Waals surface area contributed by atoms with Gasteiger partial charge in [-0.25, -0.2) is 0 Å². The lowest BCUT2D eigenvalue weighted by Gasteiger charge is -2.23. The standard InChI is InChI=1S/C9H16N2O3/c10-6-8(12)11(14)9(13)7-4-2-1-3-5-7/h7,14H,1-6,10H2. The van der Waals surface area contributed by atoms with E-state index in [-0.39, 0.29) is 17.5 Å². The number of amides is 2. The Morgan fingerprint density at radius 3 is 2.36 bits per heavy atom. The van der Waals surface area contributed by atoms with E-state index < -0.39 is 11.8 Å². The second-order valence-corrected chi connectivity index (χ2v) is 3.58. The zero-order chi connectivity index (χ0) is 10.6. The van der Waals surface area contributed by atoms with Crippen LogP contribution in [0.1, 0.15) is 32.1 Å². The molecule has 0 aliphatic heterocycles. The predicted molar refractivity (Wildman–Crippen MR) is 49.3 cm³/mol. The van der Waals surface area contributed by atoms with Crippen molar-refractivity contribution in [3.05, 3.63) is 0 Å². The van der Waals surface area contributed by atoms with Gasteiger partial charge < -0.3 is 5.73 Å². The summed E-state index contributed by atoms with van der Waals surface area (Å²) in [7, 11) is 0. The molecule has 3 N–H and O–H groups in total. The van der Waals surface area contributed by atoms with E-state index in [0.717, 1.165) is 32.1 Å². The number of carbonyl (C=O) groups excluding carboxylic acids is 2. The van der Waals surface area contributed by atoms with Gasteiger partial charge in [0.15, 0.2) is 0 Å². The van der Waals surface area contributed by atoms with Crippen molar-refractivity contribution in [2.75, 3.05) is 6.54 Å². The number of hydroxylamine groups is 2. The molecule has 1 aliphatic rings. The van der Waals surface area contributed by atoms with Gasteiger partial charge in [-0.2, -0.15) is 5.06 Å². The number of nitrogens with zero attached hydrogens (tertiary/aromatic N) is 1. The predicted octanol–water partition coefficient (Wildman–Crippen LogP) is 0.270. The average Bonchev–Trinajstić information content (AvgIpc) is 2.27. The third-order valence-corrected chi connectivity index (χ3v) is 2.57. The molecule has 0 heterocycles. The van der Waals surface area contributed by atoms with E-state index in [1.165, 1.54) is 0 Å². The van der Waals surface area contributed by atoms with Crippen molar-refractivity contribution >= 4 is 11.8 Å². The summed E-state index contributed by atoms with van der Waals surface area (Å²) in [6, 6.07) is 0. The zero-order valence-electron chi connectivity index (χ0n) is 8.11. The van der Waals surface area contributed by atoms with E-state index in [2.05, 4.69) is 0 Å². The molecule has 1 rings (SSSR count). The highest BCUT2D eigenvalue weighted by Crippen LogP contribution is 2.24. The lowest BCUT2D eigenvalue weighted by Crippen LogP contribution is -2.41. The molecule has 2 amide bonds. The van der Waals surface area contributed by atoms with Crippen LogP contribution in [-0.2, 0) is 9.59 Å². The lowest BCUT2D eigenvalue weighted by molar-refractivity contribution is -0.181. The van der Waals surface area contributed by atoms with Crippen LogP contribution in [0.2, 0.25) is 0 Å². The molecule has 0 radical (unpaired) electrons. The first-order valence-electron chi connectivity index (χ1n) is 4.92. The molecule has 0 aromatic carbocycles. The number of hydrogen-bond donors (Lipinski definition) is 2. The highest BCUT2D eigenvalue weighted by atomic mass is 16.5. The molecule has 0 aromatic rings. The van der Waals surface area contributed by atoms with Crippen LogP contribution in [0.25, 0.3) is 0 Å². The molecule has 80 valence electrons. The van der Waals surface area contributed by atoms with Gasteiger partial charge in [-0.1, -0.05) is 19.3 Å². The van der Waals surface area contributed by atoms with Crippen LogP contribution < -0.4 is 5.73 Å². The summed E-state index contributed by atoms with van der Waals surface area (Å²) in [6.07, 6.45) is 4.61. The van der Waals surface area contributed by atoms with Gasteiger partial charge in [0.1, 0.15) is 0 Å². The first-order valence-corrected chi connectivity index (χ1v) is 4.92. The Bertz CT molecular complexity index is 224. The van der Waals surface area contributed by atoms with Crippen LogP contribution in [0.3, 0.4) is 0 Å². The van der Waals surface area contributed by atoms with Gasteiger partial charge >= 0.3 is 0 Å². The third kappa shape index (κ3) is 2.52. The average molecular weight is 200 g/mol. The van der Waals surface area contributed by atoms with Gasteiger partial charge in [-0.15, -0.1) is 0 Å². The maximum Gasteiger partial charge on any atom is 0.267 e. The van der Waals surface area contributed by atoms with E-state index in [4.69, 9.17) is 5.73 Å². The first kappa shape index (κ1) is 11.1. The fourth-order valence-corrected chi connectivity index (χ4v) is 1.73. The van der Waals surface area contributed by atoms with Crippen LogP contribution in [-0.4, -0.2) is 28.6 Å². The normalized spacial score (nSPS) is 17.9. The van der Waals surface area contributed by atoms with Crippen LogP contribution in [0.5, 0.6) is 0 Å². The SMILES string of the molecule is NCC(=O)N(O)C(=O)C1CCCCC1. The summed E-state index contributed by atoms with van der Waals surface area (Å²) >= 11 is 0. The Balaban J connectivity index is 2.50. The molecule has 14 heavy (non-hydrogen) atoms. The third-order valence-electron chi connectivity index (χ3n) is 2.57. The minimum atomic E-state index is -0.736. The second kappa shape index (κ2) is 5.07. The summed E-state index contributed by atoms with van der Waals surface area (Å²) in [5.41, 5.74) is 5.04. The number of imide groups is 1. The molecule has 0 atom stereocenters. The molecular formula is C9H16N2O3. The summed E-state index contributed by atoms with van der Waals surface area (Å²) in [4.78, 5) is 22.4. The minimum absolute atomic E-state index is 0.177. The number of rotatable bonds is 2. The summed E-state index contributed by atoms with van der Waals surface area (Å²) in [5, 5.41) is 9.37. The Hall–Kier alpha value is -0.940. The van der Waals surface area contributed by atoms with Crippen molar-refractivity contribution in [1.82, 2.24) is 5.06 Å². The molecule has 0 spiro atoms. The maximum atomic E-state index is 11.5. The molecule has 1 aliphatic carbocycles. The van der Waals surface area contributed by atoms with Gasteiger partial charge in [0.2, 0.25) is 0 Å². The molecule has 5 nitrogen and oxygen atoms in total. The maximum absolute atomic E-state index is 11.5. The van der Waals surface area contributed by atoms with Gasteiger partial charge in [-0.05, 0) is 12.8 Å². The highest BCUT2D eigenvalue weighted by molar-refractivity contribution is 5.95. The van der Waals surface area contributed by atoms with Crippen molar-refractivity contribution in [3.8, 4) is 0 Å². The fourth-order valence-electron chi connectivity index (χ4n) is 1.73. The smallest absolute Gasteiger partial charge is 0.267 e. The zero-order valence-corrected chi connectivity index (χ0v) is 8.11. The van der Waals surface area contributed by atoms with Crippen molar-refractivity contribution < 1.29 is 14.8 Å². The van der Waals surface area contributed by atoms with Crippen LogP contribution in [0, 0.1) is 5.92 Å². The molecule has 1 saturated carbocycles. The molecule has 1 fully saturated rings. The molecule has 5 heteroatoms. The topological polar surface area (TPSA) is 83.6 Å². The number of hydrogen-bond acceptors (Lipinski definition) is 4. The fraction of sp³-hybridized carbons (Fsp3) is 0.778. The Labute approximate surface area is 82.8 Å². The largest absolute Gasteiger partial charge is 0.322 e. The number of nitrogens with two attached hydrogens (primary N) is 1. The Morgan fingerprint density at radius 2 is 1.86 bits per heavy atom. The molecule has 0 aromatic heterocycles. The van der Waals surface area contributed by atoms with Gasteiger partial charge in [-0.3, -0.25) is 14.8 Å².